The van der Waals surface area contributed by atoms with E-state index in [0.29, 0.717) is 21.7 Å². The third kappa shape index (κ3) is 10.7. The Labute approximate surface area is 160 Å². The first-order chi connectivity index (χ1) is 11.3. The molecule has 1 aliphatic rings. The van der Waals surface area contributed by atoms with Crippen LogP contribution < -0.4 is 0 Å². The van der Waals surface area contributed by atoms with Crippen molar-refractivity contribution in [2.24, 2.45) is 21.7 Å². The monoisotopic (exact) mass is 350 g/mol. The van der Waals surface area contributed by atoms with Crippen LogP contribution in [0.3, 0.4) is 0 Å². The third-order valence-corrected chi connectivity index (χ3v) is 6.85. The lowest BCUT2D eigenvalue weighted by Gasteiger charge is -2.37. The molecule has 0 amide bonds. The summed E-state index contributed by atoms with van der Waals surface area (Å²) in [6.07, 6.45) is 18.4. The Morgan fingerprint density at radius 3 is 1.08 bits per heavy atom. The molecule has 1 rings (SSSR count). The second-order valence-corrected chi connectivity index (χ2v) is 12.5. The standard InChI is InChI=1S/C25H50/c1-22(2)15-11-9-10-12-18-24(5,6)21-25(7,8)20-19-23(3,4)17-14-13-16-22/h9-21H2,1-8H3. The largest absolute Gasteiger partial charge is 0.0599 e. The molecule has 0 spiro atoms. The summed E-state index contributed by atoms with van der Waals surface area (Å²) in [6.45, 7) is 20.1. The van der Waals surface area contributed by atoms with Gasteiger partial charge in [-0.15, -0.1) is 0 Å². The van der Waals surface area contributed by atoms with Crippen LogP contribution in [-0.2, 0) is 0 Å². The first kappa shape index (κ1) is 23.0. The maximum Gasteiger partial charge on any atom is -0.0349 e. The summed E-state index contributed by atoms with van der Waals surface area (Å²) in [5, 5.41) is 0. The van der Waals surface area contributed by atoms with Crippen LogP contribution >= 0.6 is 0 Å². The van der Waals surface area contributed by atoms with Crippen molar-refractivity contribution in [3.63, 3.8) is 0 Å². The van der Waals surface area contributed by atoms with Crippen molar-refractivity contribution in [2.75, 3.05) is 0 Å². The van der Waals surface area contributed by atoms with E-state index in [0.717, 1.165) is 0 Å². The van der Waals surface area contributed by atoms with Gasteiger partial charge >= 0.3 is 0 Å². The van der Waals surface area contributed by atoms with Crippen molar-refractivity contribution in [3.05, 3.63) is 0 Å². The Balaban J connectivity index is 2.70. The molecule has 0 aromatic heterocycles. The molecule has 1 aliphatic carbocycles. The highest BCUT2D eigenvalue weighted by atomic mass is 14.4. The maximum absolute atomic E-state index is 2.52. The van der Waals surface area contributed by atoms with Crippen molar-refractivity contribution >= 4 is 0 Å². The van der Waals surface area contributed by atoms with Crippen LogP contribution in [0.25, 0.3) is 0 Å². The van der Waals surface area contributed by atoms with Crippen LogP contribution in [0, 0.1) is 21.7 Å². The third-order valence-electron chi connectivity index (χ3n) is 6.85. The molecule has 0 N–H and O–H groups in total. The molecule has 25 heavy (non-hydrogen) atoms. The van der Waals surface area contributed by atoms with Gasteiger partial charge in [-0.1, -0.05) is 93.9 Å². The molecule has 0 heteroatoms. The van der Waals surface area contributed by atoms with Crippen LogP contribution in [-0.4, -0.2) is 0 Å². The van der Waals surface area contributed by atoms with Crippen LogP contribution in [0.5, 0.6) is 0 Å². The van der Waals surface area contributed by atoms with Gasteiger partial charge in [-0.2, -0.15) is 0 Å². The van der Waals surface area contributed by atoms with Gasteiger partial charge < -0.3 is 0 Å². The molecule has 0 saturated heterocycles. The second kappa shape index (κ2) is 9.27. The quantitative estimate of drug-likeness (QED) is 0.408. The highest BCUT2D eigenvalue weighted by Crippen LogP contribution is 2.43. The zero-order valence-corrected chi connectivity index (χ0v) is 19.2. The summed E-state index contributed by atoms with van der Waals surface area (Å²) in [7, 11) is 0. The molecule has 0 aromatic carbocycles. The van der Waals surface area contributed by atoms with Crippen LogP contribution in [0.2, 0.25) is 0 Å². The van der Waals surface area contributed by atoms with Gasteiger partial charge in [0.15, 0.2) is 0 Å². The Hall–Kier alpha value is 0. The lowest BCUT2D eigenvalue weighted by atomic mass is 9.68. The van der Waals surface area contributed by atoms with Crippen molar-refractivity contribution in [1.29, 1.82) is 0 Å². The van der Waals surface area contributed by atoms with E-state index >= 15 is 0 Å². The van der Waals surface area contributed by atoms with E-state index in [2.05, 4.69) is 55.4 Å². The first-order valence-corrected chi connectivity index (χ1v) is 11.3. The van der Waals surface area contributed by atoms with Gasteiger partial charge in [-0.3, -0.25) is 0 Å². The van der Waals surface area contributed by atoms with Gasteiger partial charge in [0.05, 0.1) is 0 Å². The SMILES string of the molecule is CC1(C)CCCCCCC(C)(C)CC(C)(C)CCC(C)(C)CCCC1. The van der Waals surface area contributed by atoms with Gasteiger partial charge in [-0.25, -0.2) is 0 Å². The molecule has 0 heterocycles. The van der Waals surface area contributed by atoms with Crippen LogP contribution in [0.4, 0.5) is 0 Å². The molecular formula is C25H50. The normalized spacial score (nSPS) is 28.8. The molecule has 0 aromatic rings. The summed E-state index contributed by atoms with van der Waals surface area (Å²) in [5.74, 6) is 0. The summed E-state index contributed by atoms with van der Waals surface area (Å²) in [6, 6.07) is 0. The van der Waals surface area contributed by atoms with E-state index in [4.69, 9.17) is 0 Å². The molecule has 0 bridgehead atoms. The molecule has 0 aliphatic heterocycles. The van der Waals surface area contributed by atoms with E-state index < -0.39 is 0 Å². The summed E-state index contributed by atoms with van der Waals surface area (Å²) >= 11 is 0. The fraction of sp³-hybridized carbons (Fsp3) is 1.00. The van der Waals surface area contributed by atoms with Gasteiger partial charge in [0.25, 0.3) is 0 Å². The Morgan fingerprint density at radius 2 is 0.600 bits per heavy atom. The minimum Gasteiger partial charge on any atom is -0.0599 e. The average molecular weight is 351 g/mol. The molecule has 1 fully saturated rings. The predicted octanol–water partition coefficient (Wildman–Crippen LogP) is 9.18. The van der Waals surface area contributed by atoms with Crippen molar-refractivity contribution in [1.82, 2.24) is 0 Å². The van der Waals surface area contributed by atoms with Crippen LogP contribution in [0.1, 0.15) is 139 Å². The summed E-state index contributed by atoms with van der Waals surface area (Å²) in [4.78, 5) is 0. The van der Waals surface area contributed by atoms with Gasteiger partial charge in [0, 0.05) is 0 Å². The van der Waals surface area contributed by atoms with Crippen molar-refractivity contribution < 1.29 is 0 Å². The minimum absolute atomic E-state index is 0.483. The average Bonchev–Trinajstić information content (AvgIpc) is 2.44. The smallest absolute Gasteiger partial charge is 0.0349 e. The molecule has 150 valence electrons. The van der Waals surface area contributed by atoms with Crippen molar-refractivity contribution in [2.45, 2.75) is 139 Å². The molecular weight excluding hydrogens is 300 g/mol. The summed E-state index contributed by atoms with van der Waals surface area (Å²) < 4.78 is 0. The van der Waals surface area contributed by atoms with E-state index in [9.17, 15) is 0 Å². The zero-order valence-electron chi connectivity index (χ0n) is 19.2. The fourth-order valence-corrected chi connectivity index (χ4v) is 5.17. The number of hydrogen-bond acceptors (Lipinski definition) is 0. The minimum atomic E-state index is 0.483. The van der Waals surface area contributed by atoms with Gasteiger partial charge in [0.1, 0.15) is 0 Å². The Bertz CT molecular complexity index is 369. The zero-order chi connectivity index (χ0) is 19.2. The van der Waals surface area contributed by atoms with Gasteiger partial charge in [-0.05, 0) is 66.6 Å². The highest BCUT2D eigenvalue weighted by molar-refractivity contribution is 4.82. The molecule has 0 unspecified atom stereocenters. The van der Waals surface area contributed by atoms with Crippen molar-refractivity contribution in [3.8, 4) is 0 Å². The van der Waals surface area contributed by atoms with Gasteiger partial charge in [0.2, 0.25) is 0 Å². The van der Waals surface area contributed by atoms with E-state index in [1.165, 1.54) is 83.5 Å². The lowest BCUT2D eigenvalue weighted by molar-refractivity contribution is 0.142. The topological polar surface area (TPSA) is 0 Å². The van der Waals surface area contributed by atoms with E-state index in [-0.39, 0.29) is 0 Å². The fourth-order valence-electron chi connectivity index (χ4n) is 5.17. The Morgan fingerprint density at radius 1 is 0.320 bits per heavy atom. The van der Waals surface area contributed by atoms with Crippen LogP contribution in [0.15, 0.2) is 0 Å². The number of hydrogen-bond donors (Lipinski definition) is 0. The van der Waals surface area contributed by atoms with E-state index in [1.807, 2.05) is 0 Å². The molecule has 1 saturated carbocycles. The highest BCUT2D eigenvalue weighted by Gasteiger charge is 2.30. The summed E-state index contributed by atoms with van der Waals surface area (Å²) in [5.41, 5.74) is 2.05. The second-order valence-electron chi connectivity index (χ2n) is 12.5. The first-order valence-electron chi connectivity index (χ1n) is 11.3. The molecule has 0 radical (unpaired) electrons. The maximum atomic E-state index is 2.52. The number of rotatable bonds is 0. The van der Waals surface area contributed by atoms with E-state index in [1.54, 1.807) is 0 Å². The lowest BCUT2D eigenvalue weighted by Crippen LogP contribution is -2.25. The Kier molecular flexibility index (Phi) is 8.55. The molecule has 0 nitrogen and oxygen atoms in total. The molecule has 0 atom stereocenters. The predicted molar refractivity (Wildman–Crippen MR) is 115 cm³/mol.